The van der Waals surface area contributed by atoms with Crippen LogP contribution in [0.4, 0.5) is 13.9 Å². The maximum absolute atomic E-state index is 12.9. The van der Waals surface area contributed by atoms with E-state index >= 15 is 0 Å². The number of aryl methyl sites for hydroxylation is 1. The third-order valence-electron chi connectivity index (χ3n) is 5.11. The molecule has 0 aliphatic carbocycles. The predicted octanol–water partition coefficient (Wildman–Crippen LogP) is -0.631. The number of anilines is 1. The highest BCUT2D eigenvalue weighted by Crippen LogP contribution is 2.40. The minimum Gasteiger partial charge on any atom is -0.543 e. The van der Waals surface area contributed by atoms with E-state index in [4.69, 9.17) is 5.73 Å². The Balaban J connectivity index is 1.54. The number of carboxylic acids is 1. The molecule has 0 aromatic carbocycles. The van der Waals surface area contributed by atoms with Crippen LogP contribution in [0.15, 0.2) is 46.3 Å². The number of carbonyl (C=O) groups is 3. The van der Waals surface area contributed by atoms with Gasteiger partial charge in [-0.3, -0.25) is 14.5 Å². The summed E-state index contributed by atoms with van der Waals surface area (Å²) in [4.78, 5) is 46.4. The van der Waals surface area contributed by atoms with Crippen molar-refractivity contribution in [1.29, 1.82) is 0 Å². The van der Waals surface area contributed by atoms with E-state index in [1.54, 1.807) is 10.8 Å². The van der Waals surface area contributed by atoms with E-state index in [1.807, 2.05) is 25.3 Å². The average molecular weight is 525 g/mol. The number of hydrogen-bond donors (Lipinski definition) is 2. The number of β-lactam (4-membered cyclic amide) rings is 1. The van der Waals surface area contributed by atoms with Gasteiger partial charge in [-0.25, -0.2) is 9.55 Å². The number of nitrogen functional groups attached to an aromatic ring is 1. The molecule has 1 saturated heterocycles. The Morgan fingerprint density at radius 3 is 2.89 bits per heavy atom. The molecule has 2 amide bonds. The lowest BCUT2D eigenvalue weighted by atomic mass is 10.0. The topological polar surface area (TPSA) is 154 Å². The maximum Gasteiger partial charge on any atom is 0.407 e. The van der Waals surface area contributed by atoms with E-state index in [0.29, 0.717) is 5.57 Å². The van der Waals surface area contributed by atoms with Crippen LogP contribution >= 0.6 is 23.1 Å². The summed E-state index contributed by atoms with van der Waals surface area (Å²) in [6.07, 6.45) is 3.61. The van der Waals surface area contributed by atoms with Crippen LogP contribution in [-0.2, 0) is 25.8 Å². The van der Waals surface area contributed by atoms with Gasteiger partial charge in [-0.15, -0.1) is 23.1 Å². The van der Waals surface area contributed by atoms with Crippen molar-refractivity contribution < 1.29 is 37.7 Å². The van der Waals surface area contributed by atoms with Crippen molar-refractivity contribution in [1.82, 2.24) is 15.2 Å². The van der Waals surface area contributed by atoms with Crippen molar-refractivity contribution in [3.8, 4) is 0 Å². The standard InChI is InChI=1S/C20H18F2N6O5S2/c1-9-3-2-4-27(5-9)6-10-7-34-17-13(16(30)28(17)14(10)18(31)32)25-15(29)12(26-33-19(21)22)11-8-35-20(23)24-11/h2-5,8,13,17,19H,6-7H2,1H3,(H3-,23,24,25,29,31,32)/t13?,17-/m1/s1. The average Bonchev–Trinajstić information content (AvgIpc) is 3.22. The number of aromatic nitrogens is 2. The first-order valence-electron chi connectivity index (χ1n) is 10.0. The molecular weight excluding hydrogens is 506 g/mol. The largest absolute Gasteiger partial charge is 0.543 e. The van der Waals surface area contributed by atoms with Crippen molar-refractivity contribution in [2.45, 2.75) is 31.5 Å². The normalized spacial score (nSPS) is 19.9. The zero-order valence-electron chi connectivity index (χ0n) is 18.0. The molecule has 2 aromatic heterocycles. The van der Waals surface area contributed by atoms with Gasteiger partial charge in [0.25, 0.3) is 11.8 Å². The van der Waals surface area contributed by atoms with Gasteiger partial charge in [-0.1, -0.05) is 5.16 Å². The molecule has 184 valence electrons. The van der Waals surface area contributed by atoms with Crippen molar-refractivity contribution in [2.24, 2.45) is 5.16 Å². The molecule has 2 aromatic rings. The van der Waals surface area contributed by atoms with Gasteiger partial charge >= 0.3 is 6.61 Å². The molecule has 3 N–H and O–H groups in total. The third-order valence-corrected chi connectivity index (χ3v) is 7.12. The van der Waals surface area contributed by atoms with Gasteiger partial charge in [0, 0.05) is 28.3 Å². The number of carboxylic acid groups (broad SMARTS) is 1. The third kappa shape index (κ3) is 5.09. The molecule has 11 nitrogen and oxygen atoms in total. The molecule has 1 fully saturated rings. The van der Waals surface area contributed by atoms with Gasteiger partial charge in [-0.05, 0) is 13.0 Å². The highest BCUT2D eigenvalue weighted by Gasteiger charge is 2.53. The van der Waals surface area contributed by atoms with Gasteiger partial charge in [0.1, 0.15) is 17.1 Å². The Kier molecular flexibility index (Phi) is 6.98. The van der Waals surface area contributed by atoms with Gasteiger partial charge in [0.05, 0.1) is 11.7 Å². The molecule has 0 saturated carbocycles. The zero-order chi connectivity index (χ0) is 25.3. The summed E-state index contributed by atoms with van der Waals surface area (Å²) in [5.41, 5.74) is 6.03. The summed E-state index contributed by atoms with van der Waals surface area (Å²) < 4.78 is 26.8. The number of aliphatic carboxylic acids is 1. The van der Waals surface area contributed by atoms with Gasteiger partial charge in [0.2, 0.25) is 0 Å². The fraction of sp³-hybridized carbons (Fsp3) is 0.300. The van der Waals surface area contributed by atoms with E-state index in [1.165, 1.54) is 17.1 Å². The fourth-order valence-corrected chi connectivity index (χ4v) is 5.55. The Hall–Kier alpha value is -3.59. The van der Waals surface area contributed by atoms with E-state index in [0.717, 1.165) is 21.8 Å². The van der Waals surface area contributed by atoms with Gasteiger partial charge in [-0.2, -0.15) is 8.78 Å². The van der Waals surface area contributed by atoms with Crippen molar-refractivity contribution in [3.63, 3.8) is 0 Å². The number of amides is 2. The zero-order valence-corrected chi connectivity index (χ0v) is 19.6. The lowest BCUT2D eigenvalue weighted by Crippen LogP contribution is -2.71. The predicted molar refractivity (Wildman–Crippen MR) is 119 cm³/mol. The van der Waals surface area contributed by atoms with Crippen LogP contribution in [0.25, 0.3) is 0 Å². The van der Waals surface area contributed by atoms with Crippen molar-refractivity contribution >= 4 is 51.7 Å². The molecule has 2 aliphatic heterocycles. The highest BCUT2D eigenvalue weighted by molar-refractivity contribution is 8.00. The molecule has 2 aliphatic rings. The molecule has 1 unspecified atom stereocenters. The van der Waals surface area contributed by atoms with Crippen LogP contribution in [0, 0.1) is 6.92 Å². The minimum absolute atomic E-state index is 0.0639. The number of halogens is 2. The molecule has 4 rings (SSSR count). The van der Waals surface area contributed by atoms with Crippen LogP contribution in [0.3, 0.4) is 0 Å². The van der Waals surface area contributed by atoms with E-state index < -0.39 is 41.5 Å². The summed E-state index contributed by atoms with van der Waals surface area (Å²) in [7, 11) is 0. The Bertz CT molecular complexity index is 1250. The molecule has 0 radical (unpaired) electrons. The van der Waals surface area contributed by atoms with Crippen molar-refractivity contribution in [2.75, 3.05) is 11.5 Å². The number of nitrogens with one attached hydrogen (secondary N) is 1. The second-order valence-electron chi connectivity index (χ2n) is 7.53. The SMILES string of the molecule is Cc1ccc[n+](CC2=C(C(=O)[O-])N3C(=O)C(NC(=O)C(=NOC(F)F)c4csc(N)n4)[C@H]3SC2)c1. The van der Waals surface area contributed by atoms with Crippen LogP contribution in [-0.4, -0.2) is 57.2 Å². The summed E-state index contributed by atoms with van der Waals surface area (Å²) >= 11 is 2.20. The molecule has 2 atom stereocenters. The first-order valence-corrected chi connectivity index (χ1v) is 12.0. The number of oxime groups is 1. The second-order valence-corrected chi connectivity index (χ2v) is 9.53. The van der Waals surface area contributed by atoms with Crippen LogP contribution in [0.5, 0.6) is 0 Å². The monoisotopic (exact) mass is 524 g/mol. The number of rotatable bonds is 8. The first kappa shape index (κ1) is 24.5. The molecule has 0 bridgehead atoms. The summed E-state index contributed by atoms with van der Waals surface area (Å²) in [6.45, 7) is -1.16. The molecular formula is C20H18F2N6O5S2. The lowest BCUT2D eigenvalue weighted by molar-refractivity contribution is -0.689. The van der Waals surface area contributed by atoms with E-state index in [9.17, 15) is 28.3 Å². The first-order chi connectivity index (χ1) is 16.7. The van der Waals surface area contributed by atoms with Crippen LogP contribution in [0.1, 0.15) is 11.3 Å². The molecule has 0 spiro atoms. The number of fused-ring (bicyclic) bond motifs is 1. The molecule has 35 heavy (non-hydrogen) atoms. The van der Waals surface area contributed by atoms with Gasteiger partial charge < -0.3 is 25.8 Å². The number of alkyl halides is 2. The quantitative estimate of drug-likeness (QED) is 0.200. The second kappa shape index (κ2) is 9.95. The van der Waals surface area contributed by atoms with Crippen LogP contribution in [0.2, 0.25) is 0 Å². The molecule has 15 heteroatoms. The lowest BCUT2D eigenvalue weighted by Gasteiger charge is -2.50. The van der Waals surface area contributed by atoms with E-state index in [2.05, 4.69) is 20.3 Å². The Morgan fingerprint density at radius 1 is 1.49 bits per heavy atom. The van der Waals surface area contributed by atoms with Gasteiger partial charge in [0.15, 0.2) is 29.8 Å². The number of thioether (sulfide) groups is 1. The summed E-state index contributed by atoms with van der Waals surface area (Å²) in [5.74, 6) is -2.94. The Labute approximate surface area is 205 Å². The number of hydrogen-bond acceptors (Lipinski definition) is 10. The van der Waals surface area contributed by atoms with Crippen molar-refractivity contribution in [3.05, 3.63) is 52.4 Å². The number of pyridine rings is 1. The van der Waals surface area contributed by atoms with E-state index in [-0.39, 0.29) is 28.8 Å². The van der Waals surface area contributed by atoms with Crippen LogP contribution < -0.4 is 20.7 Å². The number of carbonyl (C=O) groups excluding carboxylic acids is 3. The molecule has 4 heterocycles. The highest BCUT2D eigenvalue weighted by atomic mass is 32.2. The maximum atomic E-state index is 12.9. The number of nitrogens with two attached hydrogens (primary N) is 1. The smallest absolute Gasteiger partial charge is 0.407 e. The summed E-state index contributed by atoms with van der Waals surface area (Å²) in [5, 5.41) is 18.1. The summed E-state index contributed by atoms with van der Waals surface area (Å²) in [6, 6.07) is 2.59. The number of nitrogens with zero attached hydrogens (tertiary/aromatic N) is 4. The fourth-order valence-electron chi connectivity index (χ4n) is 3.67. The number of thiazole rings is 1. The Morgan fingerprint density at radius 2 is 2.26 bits per heavy atom. The minimum atomic E-state index is -3.29.